The van der Waals surface area contributed by atoms with E-state index in [0.29, 0.717) is 11.8 Å². The van der Waals surface area contributed by atoms with Gasteiger partial charge in [0.2, 0.25) is 0 Å². The Labute approximate surface area is 313 Å². The van der Waals surface area contributed by atoms with Gasteiger partial charge in [0.25, 0.3) is 0 Å². The van der Waals surface area contributed by atoms with Crippen LogP contribution in [0, 0.1) is 59.2 Å². The van der Waals surface area contributed by atoms with Crippen LogP contribution in [-0.4, -0.2) is 53.6 Å². The van der Waals surface area contributed by atoms with E-state index in [9.17, 15) is 0 Å². The largest absolute Gasteiger partial charge is 0.316 e. The summed E-state index contributed by atoms with van der Waals surface area (Å²) in [5.41, 5.74) is 5.90. The molecule has 0 aromatic heterocycles. The van der Waals surface area contributed by atoms with Crippen molar-refractivity contribution >= 4 is 43.7 Å². The van der Waals surface area contributed by atoms with E-state index in [1.54, 1.807) is 64.2 Å². The molecule has 278 valence electrons. The summed E-state index contributed by atoms with van der Waals surface area (Å²) in [7, 11) is 0.598. The van der Waals surface area contributed by atoms with Gasteiger partial charge < -0.3 is 10.6 Å². The van der Waals surface area contributed by atoms with Crippen LogP contribution >= 0.6 is 17.2 Å². The molecule has 1 aromatic carbocycles. The molecule has 2 saturated heterocycles. The predicted molar refractivity (Wildman–Crippen MR) is 227 cm³/mol. The lowest BCUT2D eigenvalue weighted by atomic mass is 9.55. The van der Waals surface area contributed by atoms with Crippen molar-refractivity contribution in [3.05, 3.63) is 23.3 Å². The number of nitrogens with one attached hydrogen (secondary N) is 2. The van der Waals surface area contributed by atoms with E-state index in [0.717, 1.165) is 58.7 Å². The Kier molecular flexibility index (Phi) is 9.80. The molecule has 0 amide bonds. The molecule has 8 aliphatic carbocycles. The smallest absolute Gasteiger partial charge is 0.0774 e. The fourth-order valence-electron chi connectivity index (χ4n) is 15.2. The fraction of sp³-hybridized carbons (Fsp3) is 0.864. The lowest BCUT2D eigenvalue weighted by Crippen LogP contribution is -2.58. The van der Waals surface area contributed by atoms with Crippen LogP contribution in [0.25, 0.3) is 0 Å². The summed E-state index contributed by atoms with van der Waals surface area (Å²) in [4.78, 5) is 0. The van der Waals surface area contributed by atoms with Gasteiger partial charge >= 0.3 is 0 Å². The summed E-state index contributed by atoms with van der Waals surface area (Å²) < 4.78 is 0. The molecular weight excluding hydrogens is 675 g/mol. The third-order valence-corrected chi connectivity index (χ3v) is 26.2. The first-order chi connectivity index (χ1) is 23.9. The number of hydrogen-bond donors (Lipinski definition) is 2. The summed E-state index contributed by atoms with van der Waals surface area (Å²) in [6.07, 6.45) is 23.0. The monoisotopic (exact) mass is 748 g/mol. The molecule has 3 atom stereocenters. The van der Waals surface area contributed by atoms with Crippen molar-refractivity contribution in [2.45, 2.75) is 152 Å². The molecule has 11 rings (SSSR count). The van der Waals surface area contributed by atoms with E-state index in [1.165, 1.54) is 58.0 Å². The number of piperidine rings is 2. The molecule has 1 aromatic rings. The minimum atomic E-state index is -1.57. The van der Waals surface area contributed by atoms with Crippen molar-refractivity contribution in [2.75, 3.05) is 26.2 Å². The Morgan fingerprint density at radius 1 is 0.620 bits per heavy atom. The highest BCUT2D eigenvalue weighted by Crippen LogP contribution is 2.72. The zero-order valence-electron chi connectivity index (χ0n) is 33.0. The average molecular weight is 749 g/mol. The van der Waals surface area contributed by atoms with E-state index >= 15 is 0 Å². The molecule has 2 heterocycles. The standard InChI is InChI=1S/C44H74N2P2Si2/c1-49(2,3)40-23-36(39(24-41(40)50(4,5)6)44(47,37-9-7-11-45-25-37)38-10-8-12-46-26-38)27-48(42-32-15-28-13-29(17-32)18-33(42)16-28)43-34-19-30-14-31(21-34)22-35(43)20-30/h23-24,28-35,37-38,42-43,45-46H,7-22,25-27,47H2,1-6H3. The Balaban J connectivity index is 1.21. The van der Waals surface area contributed by atoms with Crippen LogP contribution < -0.4 is 21.0 Å². The Hall–Kier alpha value is 0.434. The molecule has 10 aliphatic rings. The predicted octanol–water partition coefficient (Wildman–Crippen LogP) is 9.48. The van der Waals surface area contributed by atoms with Gasteiger partial charge in [0, 0.05) is 5.16 Å². The fourth-order valence-corrected chi connectivity index (χ4v) is 25.8. The highest BCUT2D eigenvalue weighted by atomic mass is 31.1. The maximum absolute atomic E-state index is 3.95. The van der Waals surface area contributed by atoms with Crippen molar-refractivity contribution in [1.29, 1.82) is 0 Å². The topological polar surface area (TPSA) is 24.1 Å². The first-order valence-electron chi connectivity index (χ1n) is 22.0. The molecule has 2 N–H and O–H groups in total. The van der Waals surface area contributed by atoms with Gasteiger partial charge in [0.15, 0.2) is 0 Å². The van der Waals surface area contributed by atoms with Crippen LogP contribution in [0.2, 0.25) is 39.3 Å². The normalized spacial score (nSPS) is 42.9. The van der Waals surface area contributed by atoms with Gasteiger partial charge in [-0.25, -0.2) is 0 Å². The van der Waals surface area contributed by atoms with Gasteiger partial charge in [-0.05, 0) is 204 Å². The Morgan fingerprint density at radius 2 is 1.02 bits per heavy atom. The lowest BCUT2D eigenvalue weighted by molar-refractivity contribution is 0.0129. The van der Waals surface area contributed by atoms with Gasteiger partial charge in [-0.15, -0.1) is 9.24 Å². The molecule has 8 bridgehead atoms. The van der Waals surface area contributed by atoms with E-state index in [4.69, 9.17) is 0 Å². The van der Waals surface area contributed by atoms with Gasteiger partial charge in [-0.1, -0.05) is 69.7 Å². The average Bonchev–Trinajstić information content (AvgIpc) is 3.06. The zero-order valence-corrected chi connectivity index (χ0v) is 37.1. The summed E-state index contributed by atoms with van der Waals surface area (Å²) in [5, 5.41) is 11.8. The summed E-state index contributed by atoms with van der Waals surface area (Å²) in [6, 6.07) is 5.98. The van der Waals surface area contributed by atoms with Crippen molar-refractivity contribution < 1.29 is 0 Å². The van der Waals surface area contributed by atoms with Crippen LogP contribution in [0.1, 0.15) is 101 Å². The van der Waals surface area contributed by atoms with Gasteiger partial charge in [-0.2, -0.15) is 0 Å². The van der Waals surface area contributed by atoms with Crippen LogP contribution in [0.4, 0.5) is 0 Å². The number of benzene rings is 1. The Bertz CT molecular complexity index is 1290. The molecule has 0 spiro atoms. The summed E-state index contributed by atoms with van der Waals surface area (Å²) in [6.45, 7) is 20.9. The second-order valence-electron chi connectivity index (χ2n) is 22.1. The second-order valence-corrected chi connectivity index (χ2v) is 35.7. The third-order valence-electron chi connectivity index (χ3n) is 16.7. The SMILES string of the molecule is C[Si](C)(C)c1cc(CP(C2C3CC4CC(C3)CC2C4)C2C3CC4CC(C3)CC2C4)c(C(P)(C2CCCNC2)C2CCCNC2)cc1[Si](C)(C)C. The second kappa shape index (κ2) is 13.6. The van der Waals surface area contributed by atoms with Gasteiger partial charge in [-0.3, -0.25) is 0 Å². The number of rotatable bonds is 9. The van der Waals surface area contributed by atoms with Crippen LogP contribution in [0.15, 0.2) is 12.1 Å². The van der Waals surface area contributed by atoms with E-state index < -0.39 is 16.1 Å². The molecule has 6 heteroatoms. The van der Waals surface area contributed by atoms with Gasteiger partial charge in [0.1, 0.15) is 0 Å². The van der Waals surface area contributed by atoms with Crippen LogP contribution in [-0.2, 0) is 11.3 Å². The quantitative estimate of drug-likeness (QED) is 0.194. The molecular formula is C44H74N2P2Si2. The van der Waals surface area contributed by atoms with Crippen molar-refractivity contribution in [3.63, 3.8) is 0 Å². The maximum Gasteiger partial charge on any atom is 0.0774 e. The van der Waals surface area contributed by atoms with E-state index in [-0.39, 0.29) is 13.1 Å². The molecule has 3 unspecified atom stereocenters. The molecule has 50 heavy (non-hydrogen) atoms. The van der Waals surface area contributed by atoms with E-state index in [2.05, 4.69) is 71.3 Å². The molecule has 2 aliphatic heterocycles. The molecule has 0 radical (unpaired) electrons. The third kappa shape index (κ3) is 6.41. The van der Waals surface area contributed by atoms with Crippen LogP contribution in [0.5, 0.6) is 0 Å². The Morgan fingerprint density at radius 3 is 1.38 bits per heavy atom. The molecule has 8 saturated carbocycles. The van der Waals surface area contributed by atoms with E-state index in [1.807, 2.05) is 21.5 Å². The zero-order chi connectivity index (χ0) is 34.6. The molecule has 2 nitrogen and oxygen atoms in total. The highest BCUT2D eigenvalue weighted by Gasteiger charge is 2.57. The highest BCUT2D eigenvalue weighted by molar-refractivity contribution is 7.58. The van der Waals surface area contributed by atoms with Crippen molar-refractivity contribution in [3.8, 4) is 0 Å². The maximum atomic E-state index is 3.95. The first-order valence-corrected chi connectivity index (χ1v) is 31.2. The van der Waals surface area contributed by atoms with Crippen molar-refractivity contribution in [2.24, 2.45) is 59.2 Å². The number of hydrogen-bond acceptors (Lipinski definition) is 2. The minimum absolute atomic E-state index is 0.0347. The first kappa shape index (κ1) is 36.1. The van der Waals surface area contributed by atoms with Crippen LogP contribution in [0.3, 0.4) is 0 Å². The minimum Gasteiger partial charge on any atom is -0.316 e. The van der Waals surface area contributed by atoms with Crippen molar-refractivity contribution in [1.82, 2.24) is 10.6 Å². The van der Waals surface area contributed by atoms with Gasteiger partial charge in [0.05, 0.1) is 16.1 Å². The lowest BCUT2D eigenvalue weighted by Gasteiger charge is -2.62. The summed E-state index contributed by atoms with van der Waals surface area (Å²) in [5.74, 6) is 10.1. The molecule has 10 fully saturated rings. The summed E-state index contributed by atoms with van der Waals surface area (Å²) >= 11 is 0.